The van der Waals surface area contributed by atoms with E-state index in [1.54, 1.807) is 0 Å². The van der Waals surface area contributed by atoms with Crippen molar-refractivity contribution in [2.45, 2.75) is 45.5 Å². The molecule has 1 atom stereocenters. The molecule has 25 heavy (non-hydrogen) atoms. The van der Waals surface area contributed by atoms with Crippen LogP contribution in [0.2, 0.25) is 0 Å². The van der Waals surface area contributed by atoms with Gasteiger partial charge in [0.25, 0.3) is 0 Å². The molecule has 0 radical (unpaired) electrons. The third kappa shape index (κ3) is 5.35. The molecule has 0 bridgehead atoms. The third-order valence-electron chi connectivity index (χ3n) is 4.34. The Balaban J connectivity index is 2.02. The normalized spacial score (nSPS) is 19.4. The average molecular weight is 360 g/mol. The smallest absolute Gasteiger partial charge is 0.357 e. The Morgan fingerprint density at radius 3 is 2.76 bits per heavy atom. The van der Waals surface area contributed by atoms with Crippen molar-refractivity contribution >= 4 is 5.96 Å². The quantitative estimate of drug-likeness (QED) is 0.602. The van der Waals surface area contributed by atoms with E-state index in [4.69, 9.17) is 0 Å². The highest BCUT2D eigenvalue weighted by Crippen LogP contribution is 2.30. The number of hydrogen-bond donors (Lipinski definition) is 2. The van der Waals surface area contributed by atoms with Crippen LogP contribution in [0.15, 0.2) is 11.2 Å². The highest BCUT2D eigenvalue weighted by atomic mass is 19.4. The maximum absolute atomic E-state index is 13.0. The molecular weight excluding hydrogens is 333 g/mol. The number of alkyl halides is 3. The van der Waals surface area contributed by atoms with Gasteiger partial charge in [-0.2, -0.15) is 18.3 Å². The summed E-state index contributed by atoms with van der Waals surface area (Å²) in [4.78, 5) is 6.71. The minimum atomic E-state index is -4.47. The molecule has 2 heterocycles. The number of aryl methyl sites for hydroxylation is 1. The zero-order valence-electron chi connectivity index (χ0n) is 15.0. The Bertz CT molecular complexity index is 581. The van der Waals surface area contributed by atoms with E-state index in [1.807, 2.05) is 6.92 Å². The molecule has 1 saturated heterocycles. The molecule has 0 amide bonds. The molecule has 0 spiro atoms. The summed E-state index contributed by atoms with van der Waals surface area (Å²) in [6, 6.07) is 0.443. The van der Waals surface area contributed by atoms with Gasteiger partial charge in [-0.05, 0) is 32.9 Å². The highest BCUT2D eigenvalue weighted by molar-refractivity contribution is 5.79. The van der Waals surface area contributed by atoms with E-state index < -0.39 is 11.9 Å². The highest BCUT2D eigenvalue weighted by Gasteiger charge is 2.36. The lowest BCUT2D eigenvalue weighted by atomic mass is 10.2. The van der Waals surface area contributed by atoms with Crippen LogP contribution in [0.5, 0.6) is 0 Å². The van der Waals surface area contributed by atoms with Crippen molar-refractivity contribution in [3.05, 3.63) is 17.5 Å². The lowest BCUT2D eigenvalue weighted by Gasteiger charge is -2.24. The number of aromatic nitrogens is 2. The molecule has 1 unspecified atom stereocenters. The van der Waals surface area contributed by atoms with Crippen LogP contribution in [0.4, 0.5) is 13.2 Å². The summed E-state index contributed by atoms with van der Waals surface area (Å²) in [7, 11) is 1.48. The predicted octanol–water partition coefficient (Wildman–Crippen LogP) is 1.98. The van der Waals surface area contributed by atoms with E-state index in [-0.39, 0.29) is 12.1 Å². The van der Waals surface area contributed by atoms with Crippen molar-refractivity contribution < 1.29 is 13.2 Å². The zero-order valence-corrected chi connectivity index (χ0v) is 15.0. The Labute approximate surface area is 146 Å². The standard InChI is InChI=1S/C16H27F3N6/c1-4-20-15(22-10-13-7-6-8-25(13)5-2)21-9-12-11-24(3)23-14(12)16(17,18)19/h11,13H,4-10H2,1-3H3,(H2,20,21,22). The molecule has 142 valence electrons. The molecule has 9 heteroatoms. The lowest BCUT2D eigenvalue weighted by Crippen LogP contribution is -2.44. The van der Waals surface area contributed by atoms with E-state index >= 15 is 0 Å². The number of rotatable bonds is 6. The van der Waals surface area contributed by atoms with Crippen molar-refractivity contribution in [2.24, 2.45) is 12.0 Å². The fourth-order valence-corrected chi connectivity index (χ4v) is 3.16. The number of halogens is 3. The van der Waals surface area contributed by atoms with Crippen molar-refractivity contribution in [2.75, 3.05) is 26.2 Å². The van der Waals surface area contributed by atoms with Gasteiger partial charge in [0.05, 0.1) is 6.54 Å². The fraction of sp³-hybridized carbons (Fsp3) is 0.750. The molecule has 2 rings (SSSR count). The molecule has 1 aliphatic rings. The summed E-state index contributed by atoms with van der Waals surface area (Å²) in [5.41, 5.74) is -0.800. The van der Waals surface area contributed by atoms with Crippen molar-refractivity contribution in [3.63, 3.8) is 0 Å². The van der Waals surface area contributed by atoms with Crippen LogP contribution in [0.3, 0.4) is 0 Å². The van der Waals surface area contributed by atoms with Crippen LogP contribution in [0.1, 0.15) is 37.9 Å². The van der Waals surface area contributed by atoms with E-state index in [1.165, 1.54) is 24.3 Å². The molecule has 0 aromatic carbocycles. The Morgan fingerprint density at radius 1 is 1.36 bits per heavy atom. The second-order valence-electron chi connectivity index (χ2n) is 6.18. The summed E-state index contributed by atoms with van der Waals surface area (Å²) in [5, 5.41) is 9.85. The molecule has 1 fully saturated rings. The number of nitrogens with zero attached hydrogens (tertiary/aromatic N) is 4. The van der Waals surface area contributed by atoms with Gasteiger partial charge in [0, 0.05) is 37.9 Å². The minimum absolute atomic E-state index is 0.0693. The number of guanidine groups is 1. The number of likely N-dealkylation sites (tertiary alicyclic amines) is 1. The zero-order chi connectivity index (χ0) is 18.4. The monoisotopic (exact) mass is 360 g/mol. The van der Waals surface area contributed by atoms with Gasteiger partial charge in [0.15, 0.2) is 11.7 Å². The Hall–Kier alpha value is -1.77. The Morgan fingerprint density at radius 2 is 2.12 bits per heavy atom. The topological polar surface area (TPSA) is 57.5 Å². The molecule has 0 aliphatic carbocycles. The first-order chi connectivity index (χ1) is 11.8. The number of likely N-dealkylation sites (N-methyl/N-ethyl adjacent to an activating group) is 1. The lowest BCUT2D eigenvalue weighted by molar-refractivity contribution is -0.142. The van der Waals surface area contributed by atoms with E-state index in [9.17, 15) is 13.2 Å². The summed E-state index contributed by atoms with van der Waals surface area (Å²) in [6.07, 6.45) is -0.797. The molecule has 1 aliphatic heterocycles. The third-order valence-corrected chi connectivity index (χ3v) is 4.34. The second kappa shape index (κ2) is 8.55. The van der Waals surface area contributed by atoms with Gasteiger partial charge >= 0.3 is 6.18 Å². The van der Waals surface area contributed by atoms with E-state index in [2.05, 4.69) is 32.5 Å². The SMILES string of the molecule is CCNC(=NCc1cn(C)nc1C(F)(F)F)NCC1CCCN1CC. The fourth-order valence-electron chi connectivity index (χ4n) is 3.16. The molecule has 1 aromatic rings. The first-order valence-electron chi connectivity index (χ1n) is 8.71. The number of hydrogen-bond acceptors (Lipinski definition) is 3. The summed E-state index contributed by atoms with van der Waals surface area (Å²) >= 11 is 0. The van der Waals surface area contributed by atoms with Gasteiger partial charge in [-0.25, -0.2) is 4.99 Å². The van der Waals surface area contributed by atoms with E-state index in [0.29, 0.717) is 18.5 Å². The maximum Gasteiger partial charge on any atom is 0.435 e. The van der Waals surface area contributed by atoms with Crippen molar-refractivity contribution in [1.29, 1.82) is 0 Å². The minimum Gasteiger partial charge on any atom is -0.357 e. The van der Waals surface area contributed by atoms with Crippen LogP contribution in [-0.4, -0.2) is 52.9 Å². The molecule has 1 aromatic heterocycles. The summed E-state index contributed by atoms with van der Waals surface area (Å²) in [6.45, 7) is 7.48. The van der Waals surface area contributed by atoms with Gasteiger partial charge < -0.3 is 10.6 Å². The molecular formula is C16H27F3N6. The summed E-state index contributed by atoms with van der Waals surface area (Å²) in [5.74, 6) is 0.530. The van der Waals surface area contributed by atoms with Gasteiger partial charge in [0.2, 0.25) is 0 Å². The van der Waals surface area contributed by atoms with Crippen LogP contribution in [0, 0.1) is 0 Å². The van der Waals surface area contributed by atoms with Crippen molar-refractivity contribution in [3.8, 4) is 0 Å². The van der Waals surface area contributed by atoms with Crippen LogP contribution >= 0.6 is 0 Å². The van der Waals surface area contributed by atoms with Gasteiger partial charge in [-0.1, -0.05) is 6.92 Å². The molecule has 6 nitrogen and oxygen atoms in total. The van der Waals surface area contributed by atoms with Gasteiger partial charge in [-0.3, -0.25) is 9.58 Å². The van der Waals surface area contributed by atoms with Crippen LogP contribution < -0.4 is 10.6 Å². The van der Waals surface area contributed by atoms with Gasteiger partial charge in [0.1, 0.15) is 0 Å². The Kier molecular flexibility index (Phi) is 6.69. The first-order valence-corrected chi connectivity index (χ1v) is 8.71. The average Bonchev–Trinajstić information content (AvgIpc) is 3.15. The van der Waals surface area contributed by atoms with E-state index in [0.717, 1.165) is 26.1 Å². The number of nitrogens with one attached hydrogen (secondary N) is 2. The summed E-state index contributed by atoms with van der Waals surface area (Å²) < 4.78 is 40.2. The second-order valence-corrected chi connectivity index (χ2v) is 6.18. The largest absolute Gasteiger partial charge is 0.435 e. The van der Waals surface area contributed by atoms with Gasteiger partial charge in [-0.15, -0.1) is 0 Å². The van der Waals surface area contributed by atoms with Crippen LogP contribution in [0.25, 0.3) is 0 Å². The number of aliphatic imine (C=N–C) groups is 1. The maximum atomic E-state index is 13.0. The van der Waals surface area contributed by atoms with Crippen molar-refractivity contribution in [1.82, 2.24) is 25.3 Å². The molecule has 0 saturated carbocycles. The van der Waals surface area contributed by atoms with Crippen LogP contribution in [-0.2, 0) is 19.8 Å². The predicted molar refractivity (Wildman–Crippen MR) is 91.3 cm³/mol. The molecule has 2 N–H and O–H groups in total. The first kappa shape index (κ1) is 19.6.